The molecule has 0 fully saturated rings. The molecule has 25 heavy (non-hydrogen) atoms. The Morgan fingerprint density at radius 3 is 2.52 bits per heavy atom. The minimum Gasteiger partial charge on any atom is -0.347 e. The lowest BCUT2D eigenvalue weighted by Crippen LogP contribution is -2.24. The number of rotatable bonds is 5. The third-order valence-corrected chi connectivity index (χ3v) is 3.92. The van der Waals surface area contributed by atoms with Gasteiger partial charge in [-0.05, 0) is 37.1 Å². The van der Waals surface area contributed by atoms with Gasteiger partial charge in [-0.3, -0.25) is 4.79 Å². The second kappa shape index (κ2) is 7.57. The first-order valence-corrected chi connectivity index (χ1v) is 8.10. The maximum Gasteiger partial charge on any atom is 0.270 e. The first-order valence-electron chi connectivity index (χ1n) is 8.10. The van der Waals surface area contributed by atoms with Gasteiger partial charge in [0.25, 0.3) is 5.91 Å². The largest absolute Gasteiger partial charge is 0.347 e. The van der Waals surface area contributed by atoms with Crippen molar-refractivity contribution in [2.75, 3.05) is 5.32 Å². The van der Waals surface area contributed by atoms with E-state index in [1.807, 2.05) is 62.4 Å². The maximum atomic E-state index is 12.3. The molecule has 3 aromatic rings. The number of benzene rings is 2. The van der Waals surface area contributed by atoms with E-state index in [0.717, 1.165) is 16.8 Å². The van der Waals surface area contributed by atoms with E-state index in [0.29, 0.717) is 18.1 Å². The summed E-state index contributed by atoms with van der Waals surface area (Å²) in [6.45, 7) is 4.53. The van der Waals surface area contributed by atoms with E-state index in [1.54, 1.807) is 6.07 Å². The second-order valence-corrected chi connectivity index (χ2v) is 5.89. The number of nitrogens with zero attached hydrogens (tertiary/aromatic N) is 2. The predicted molar refractivity (Wildman–Crippen MR) is 98.8 cm³/mol. The topological polar surface area (TPSA) is 66.9 Å². The van der Waals surface area contributed by atoms with E-state index in [9.17, 15) is 4.79 Å². The predicted octanol–water partition coefficient (Wildman–Crippen LogP) is 3.77. The number of nitrogens with one attached hydrogen (secondary N) is 2. The van der Waals surface area contributed by atoms with Crippen LogP contribution in [0.3, 0.4) is 0 Å². The van der Waals surface area contributed by atoms with Gasteiger partial charge < -0.3 is 10.6 Å². The van der Waals surface area contributed by atoms with Gasteiger partial charge in [-0.2, -0.15) is 0 Å². The number of hydrogen-bond donors (Lipinski definition) is 2. The van der Waals surface area contributed by atoms with E-state index in [2.05, 4.69) is 20.6 Å². The van der Waals surface area contributed by atoms with E-state index in [-0.39, 0.29) is 5.91 Å². The highest BCUT2D eigenvalue weighted by molar-refractivity contribution is 5.92. The Morgan fingerprint density at radius 1 is 1.00 bits per heavy atom. The molecular weight excluding hydrogens is 312 g/mol. The van der Waals surface area contributed by atoms with Crippen LogP contribution in [0.15, 0.2) is 60.9 Å². The lowest BCUT2D eigenvalue weighted by atomic mass is 10.1. The Hall–Kier alpha value is -3.21. The highest BCUT2D eigenvalue weighted by Gasteiger charge is 2.09. The molecule has 0 aliphatic heterocycles. The van der Waals surface area contributed by atoms with Gasteiger partial charge in [0.15, 0.2) is 0 Å². The molecule has 5 nitrogen and oxygen atoms in total. The van der Waals surface area contributed by atoms with Gasteiger partial charge in [-0.15, -0.1) is 0 Å². The molecule has 5 heteroatoms. The lowest BCUT2D eigenvalue weighted by Gasteiger charge is -2.09. The molecule has 1 amide bonds. The normalized spacial score (nSPS) is 10.3. The molecule has 0 unspecified atom stereocenters. The second-order valence-electron chi connectivity index (χ2n) is 5.89. The zero-order valence-corrected chi connectivity index (χ0v) is 14.3. The van der Waals surface area contributed by atoms with Crippen molar-refractivity contribution in [3.8, 4) is 0 Å². The molecule has 0 spiro atoms. The molecule has 126 valence electrons. The molecule has 0 radical (unpaired) electrons. The van der Waals surface area contributed by atoms with Gasteiger partial charge in [0.05, 0.1) is 0 Å². The fourth-order valence-electron chi connectivity index (χ4n) is 2.41. The van der Waals surface area contributed by atoms with Gasteiger partial charge in [0, 0.05) is 18.3 Å². The highest BCUT2D eigenvalue weighted by Crippen LogP contribution is 2.15. The van der Waals surface area contributed by atoms with Gasteiger partial charge in [0.2, 0.25) is 0 Å². The fourth-order valence-corrected chi connectivity index (χ4v) is 2.41. The van der Waals surface area contributed by atoms with E-state index >= 15 is 0 Å². The molecule has 0 bridgehead atoms. The summed E-state index contributed by atoms with van der Waals surface area (Å²) in [7, 11) is 0. The fraction of sp³-hybridized carbons (Fsp3) is 0.150. The Labute approximate surface area is 147 Å². The van der Waals surface area contributed by atoms with Crippen LogP contribution < -0.4 is 10.6 Å². The van der Waals surface area contributed by atoms with Crippen LogP contribution in [0, 0.1) is 13.8 Å². The minimum atomic E-state index is -0.224. The van der Waals surface area contributed by atoms with E-state index in [1.165, 1.54) is 11.9 Å². The summed E-state index contributed by atoms with van der Waals surface area (Å²) >= 11 is 0. The summed E-state index contributed by atoms with van der Waals surface area (Å²) in [5, 5.41) is 6.08. The van der Waals surface area contributed by atoms with E-state index in [4.69, 9.17) is 0 Å². The van der Waals surface area contributed by atoms with Gasteiger partial charge >= 0.3 is 0 Å². The average Bonchev–Trinajstić information content (AvgIpc) is 2.63. The number of hydrogen-bond acceptors (Lipinski definition) is 4. The summed E-state index contributed by atoms with van der Waals surface area (Å²) in [6.07, 6.45) is 1.39. The summed E-state index contributed by atoms with van der Waals surface area (Å²) in [6, 6.07) is 17.6. The molecule has 0 saturated carbocycles. The number of aryl methyl sites for hydroxylation is 2. The Morgan fingerprint density at radius 2 is 1.76 bits per heavy atom. The summed E-state index contributed by atoms with van der Waals surface area (Å²) in [5.41, 5.74) is 4.66. The number of anilines is 2. The standard InChI is InChI=1S/C20H20N4O/c1-14-7-9-17(10-8-14)24-19-11-18(22-13-23-19)20(25)21-12-16-6-4-3-5-15(16)2/h3-11,13H,12H2,1-2H3,(H,21,25)(H,22,23,24). The molecule has 0 aliphatic rings. The highest BCUT2D eigenvalue weighted by atomic mass is 16.1. The summed E-state index contributed by atoms with van der Waals surface area (Å²) in [5.74, 6) is 0.359. The first kappa shape index (κ1) is 16.6. The Kier molecular flexibility index (Phi) is 5.04. The van der Waals surface area contributed by atoms with Crippen LogP contribution in [0.5, 0.6) is 0 Å². The molecule has 2 N–H and O–H groups in total. The van der Waals surface area contributed by atoms with Crippen molar-refractivity contribution in [2.24, 2.45) is 0 Å². The molecule has 3 rings (SSSR count). The van der Waals surface area contributed by atoms with Crippen molar-refractivity contribution in [1.29, 1.82) is 0 Å². The third kappa shape index (κ3) is 4.41. The van der Waals surface area contributed by atoms with E-state index < -0.39 is 0 Å². The minimum absolute atomic E-state index is 0.224. The first-order chi connectivity index (χ1) is 12.1. The van der Waals surface area contributed by atoms with Crippen LogP contribution in [0.4, 0.5) is 11.5 Å². The van der Waals surface area contributed by atoms with Crippen LogP contribution in [0.1, 0.15) is 27.2 Å². The van der Waals surface area contributed by atoms with Crippen LogP contribution in [-0.4, -0.2) is 15.9 Å². The van der Waals surface area contributed by atoms with Crippen molar-refractivity contribution in [1.82, 2.24) is 15.3 Å². The quantitative estimate of drug-likeness (QED) is 0.746. The lowest BCUT2D eigenvalue weighted by molar-refractivity contribution is 0.0945. The summed E-state index contributed by atoms with van der Waals surface area (Å²) in [4.78, 5) is 20.6. The van der Waals surface area contributed by atoms with Crippen LogP contribution in [-0.2, 0) is 6.54 Å². The molecule has 2 aromatic carbocycles. The van der Waals surface area contributed by atoms with Crippen LogP contribution >= 0.6 is 0 Å². The molecule has 0 aliphatic carbocycles. The molecule has 1 heterocycles. The van der Waals surface area contributed by atoms with Crippen molar-refractivity contribution in [3.63, 3.8) is 0 Å². The Balaban J connectivity index is 1.67. The van der Waals surface area contributed by atoms with Gasteiger partial charge in [-0.1, -0.05) is 42.0 Å². The SMILES string of the molecule is Cc1ccc(Nc2cc(C(=O)NCc3ccccc3C)ncn2)cc1. The van der Waals surface area contributed by atoms with Gasteiger partial charge in [-0.25, -0.2) is 9.97 Å². The van der Waals surface area contributed by atoms with Crippen molar-refractivity contribution < 1.29 is 4.79 Å². The average molecular weight is 332 g/mol. The number of amides is 1. The number of aromatic nitrogens is 2. The summed E-state index contributed by atoms with van der Waals surface area (Å²) < 4.78 is 0. The maximum absolute atomic E-state index is 12.3. The molecule has 0 saturated heterocycles. The third-order valence-electron chi connectivity index (χ3n) is 3.92. The van der Waals surface area contributed by atoms with Crippen LogP contribution in [0.2, 0.25) is 0 Å². The number of carbonyl (C=O) groups is 1. The van der Waals surface area contributed by atoms with Crippen molar-refractivity contribution in [2.45, 2.75) is 20.4 Å². The van der Waals surface area contributed by atoms with Gasteiger partial charge in [0.1, 0.15) is 17.8 Å². The monoisotopic (exact) mass is 332 g/mol. The van der Waals surface area contributed by atoms with Crippen molar-refractivity contribution in [3.05, 3.63) is 83.3 Å². The smallest absolute Gasteiger partial charge is 0.270 e. The molecule has 1 aromatic heterocycles. The van der Waals surface area contributed by atoms with Crippen LogP contribution in [0.25, 0.3) is 0 Å². The molecule has 0 atom stereocenters. The van der Waals surface area contributed by atoms with Crippen molar-refractivity contribution >= 4 is 17.4 Å². The zero-order chi connectivity index (χ0) is 17.6. The Bertz CT molecular complexity index is 875. The zero-order valence-electron chi connectivity index (χ0n) is 14.3. The molecular formula is C20H20N4O. The number of carbonyl (C=O) groups excluding carboxylic acids is 1.